The third-order valence-electron chi connectivity index (χ3n) is 1.91. The predicted octanol–water partition coefficient (Wildman–Crippen LogP) is 2.46. The normalized spacial score (nSPS) is 9.62. The molecule has 1 aromatic rings. The predicted molar refractivity (Wildman–Crippen MR) is 56.5 cm³/mol. The Morgan fingerprint density at radius 3 is 2.88 bits per heavy atom. The molecule has 5 heteroatoms. The first-order valence-electron chi connectivity index (χ1n) is 4.62. The number of carbonyl (C=O) groups is 1. The summed E-state index contributed by atoms with van der Waals surface area (Å²) in [6.07, 6.45) is -0.134. The van der Waals surface area contributed by atoms with Crippen LogP contribution in [0.5, 0.6) is 0 Å². The number of benzene rings is 1. The van der Waals surface area contributed by atoms with Crippen LogP contribution in [0, 0.1) is 17.1 Å². The van der Waals surface area contributed by atoms with E-state index >= 15 is 0 Å². The highest BCUT2D eigenvalue weighted by atomic mass is 35.5. The molecule has 0 amide bonds. The Hall–Kier alpha value is -1.60. The van der Waals surface area contributed by atoms with Crippen LogP contribution in [-0.4, -0.2) is 12.6 Å². The fraction of sp³-hybridized carbons (Fsp3) is 0.273. The van der Waals surface area contributed by atoms with Gasteiger partial charge in [0.25, 0.3) is 0 Å². The zero-order valence-corrected chi connectivity index (χ0v) is 9.34. The molecular formula is C11H9ClFNO2. The molecule has 0 atom stereocenters. The molecule has 0 N–H and O–H groups in total. The summed E-state index contributed by atoms with van der Waals surface area (Å²) in [5, 5.41) is 8.66. The smallest absolute Gasteiger partial charge is 0.310 e. The molecule has 1 aromatic carbocycles. The second kappa shape index (κ2) is 5.47. The van der Waals surface area contributed by atoms with Gasteiger partial charge < -0.3 is 4.74 Å². The first kappa shape index (κ1) is 12.5. The number of hydrogen-bond acceptors (Lipinski definition) is 3. The minimum absolute atomic E-state index is 0.134. The van der Waals surface area contributed by atoms with Crippen molar-refractivity contribution in [2.24, 2.45) is 0 Å². The van der Waals surface area contributed by atoms with Crippen LogP contribution in [0.25, 0.3) is 0 Å². The van der Waals surface area contributed by atoms with Crippen molar-refractivity contribution in [3.8, 4) is 6.07 Å². The van der Waals surface area contributed by atoms with E-state index in [-0.39, 0.29) is 29.2 Å². The van der Waals surface area contributed by atoms with Crippen LogP contribution < -0.4 is 0 Å². The maximum atomic E-state index is 13.1. The minimum Gasteiger partial charge on any atom is -0.466 e. The van der Waals surface area contributed by atoms with Crippen molar-refractivity contribution < 1.29 is 13.9 Å². The number of hydrogen-bond donors (Lipinski definition) is 0. The number of ether oxygens (including phenoxy) is 1. The van der Waals surface area contributed by atoms with E-state index in [0.29, 0.717) is 0 Å². The molecule has 0 unspecified atom stereocenters. The molecule has 3 nitrogen and oxygen atoms in total. The van der Waals surface area contributed by atoms with Gasteiger partial charge in [-0.2, -0.15) is 5.26 Å². The zero-order valence-electron chi connectivity index (χ0n) is 8.59. The number of carbonyl (C=O) groups excluding carboxylic acids is 1. The summed E-state index contributed by atoms with van der Waals surface area (Å²) in [4.78, 5) is 11.2. The van der Waals surface area contributed by atoms with E-state index in [4.69, 9.17) is 21.6 Å². The van der Waals surface area contributed by atoms with Crippen molar-refractivity contribution >= 4 is 17.6 Å². The molecule has 1 rings (SSSR count). The average molecular weight is 242 g/mol. The van der Waals surface area contributed by atoms with Gasteiger partial charge in [-0.1, -0.05) is 11.6 Å². The molecule has 84 valence electrons. The molecule has 0 saturated heterocycles. The first-order valence-corrected chi connectivity index (χ1v) is 5.00. The molecule has 0 heterocycles. The van der Waals surface area contributed by atoms with Crippen molar-refractivity contribution in [2.75, 3.05) is 6.61 Å². The molecule has 0 radical (unpaired) electrons. The van der Waals surface area contributed by atoms with Gasteiger partial charge in [0.2, 0.25) is 0 Å². The molecule has 0 aliphatic heterocycles. The Morgan fingerprint density at radius 1 is 1.62 bits per heavy atom. The van der Waals surface area contributed by atoms with Gasteiger partial charge >= 0.3 is 5.97 Å². The Balaban J connectivity index is 3.00. The van der Waals surface area contributed by atoms with E-state index in [1.165, 1.54) is 6.07 Å². The van der Waals surface area contributed by atoms with E-state index in [9.17, 15) is 9.18 Å². The van der Waals surface area contributed by atoms with Crippen LogP contribution in [0.15, 0.2) is 12.1 Å². The van der Waals surface area contributed by atoms with Crippen LogP contribution in [0.4, 0.5) is 4.39 Å². The Morgan fingerprint density at radius 2 is 2.31 bits per heavy atom. The van der Waals surface area contributed by atoms with Crippen molar-refractivity contribution in [3.63, 3.8) is 0 Å². The molecule has 0 aliphatic carbocycles. The lowest BCUT2D eigenvalue weighted by Crippen LogP contribution is -2.09. The Labute approximate surface area is 97.4 Å². The fourth-order valence-corrected chi connectivity index (χ4v) is 1.37. The zero-order chi connectivity index (χ0) is 12.1. The van der Waals surface area contributed by atoms with Gasteiger partial charge in [0.1, 0.15) is 5.82 Å². The van der Waals surface area contributed by atoms with E-state index in [1.54, 1.807) is 6.92 Å². The van der Waals surface area contributed by atoms with E-state index in [1.807, 2.05) is 6.07 Å². The summed E-state index contributed by atoms with van der Waals surface area (Å²) in [5.74, 6) is -1.15. The summed E-state index contributed by atoms with van der Waals surface area (Å²) in [5.41, 5.74) is 0.460. The van der Waals surface area contributed by atoms with Crippen LogP contribution in [0.1, 0.15) is 18.1 Å². The number of rotatable bonds is 3. The Kier molecular flexibility index (Phi) is 4.27. The van der Waals surface area contributed by atoms with Gasteiger partial charge in [0.05, 0.1) is 29.7 Å². The Bertz CT molecular complexity index is 454. The van der Waals surface area contributed by atoms with Gasteiger partial charge in [0, 0.05) is 0 Å². The van der Waals surface area contributed by atoms with Gasteiger partial charge in [-0.25, -0.2) is 4.39 Å². The monoisotopic (exact) mass is 241 g/mol. The molecule has 0 bridgehead atoms. The minimum atomic E-state index is -0.653. The molecule has 0 saturated carbocycles. The lowest BCUT2D eigenvalue weighted by Gasteiger charge is -2.05. The van der Waals surface area contributed by atoms with E-state index in [2.05, 4.69) is 0 Å². The second-order valence-electron chi connectivity index (χ2n) is 3.02. The quantitative estimate of drug-likeness (QED) is 0.764. The number of halogens is 2. The van der Waals surface area contributed by atoms with Crippen molar-refractivity contribution in [3.05, 3.63) is 34.1 Å². The summed E-state index contributed by atoms with van der Waals surface area (Å²) in [7, 11) is 0. The maximum Gasteiger partial charge on any atom is 0.310 e. The van der Waals surface area contributed by atoms with Crippen LogP contribution in [-0.2, 0) is 16.0 Å². The average Bonchev–Trinajstić information content (AvgIpc) is 2.23. The lowest BCUT2D eigenvalue weighted by atomic mass is 10.1. The fourth-order valence-electron chi connectivity index (χ4n) is 1.21. The molecule has 0 aromatic heterocycles. The standard InChI is InChI=1S/C11H9ClFNO2/c1-2-16-11(15)5-7-4-10(13)9(12)3-8(7)6-14/h3-4H,2,5H2,1H3. The molecule has 0 aliphatic rings. The highest BCUT2D eigenvalue weighted by Gasteiger charge is 2.12. The molecular weight excluding hydrogens is 233 g/mol. The first-order chi connectivity index (χ1) is 7.58. The highest BCUT2D eigenvalue weighted by molar-refractivity contribution is 6.30. The summed E-state index contributed by atoms with van der Waals surface area (Å²) >= 11 is 5.52. The van der Waals surface area contributed by atoms with Crippen LogP contribution in [0.2, 0.25) is 5.02 Å². The summed E-state index contributed by atoms with van der Waals surface area (Å²) < 4.78 is 17.8. The van der Waals surface area contributed by atoms with E-state index < -0.39 is 11.8 Å². The van der Waals surface area contributed by atoms with E-state index in [0.717, 1.165) is 6.07 Å². The van der Waals surface area contributed by atoms with Gasteiger partial charge in [-0.05, 0) is 24.6 Å². The molecule has 0 spiro atoms. The van der Waals surface area contributed by atoms with Crippen LogP contribution >= 0.6 is 11.6 Å². The third-order valence-corrected chi connectivity index (χ3v) is 2.20. The lowest BCUT2D eigenvalue weighted by molar-refractivity contribution is -0.142. The summed E-state index contributed by atoms with van der Waals surface area (Å²) in [6, 6.07) is 4.13. The number of esters is 1. The third kappa shape index (κ3) is 2.94. The van der Waals surface area contributed by atoms with Crippen molar-refractivity contribution in [1.82, 2.24) is 0 Å². The highest BCUT2D eigenvalue weighted by Crippen LogP contribution is 2.20. The largest absolute Gasteiger partial charge is 0.466 e. The topological polar surface area (TPSA) is 50.1 Å². The SMILES string of the molecule is CCOC(=O)Cc1cc(F)c(Cl)cc1C#N. The van der Waals surface area contributed by atoms with Crippen LogP contribution in [0.3, 0.4) is 0 Å². The van der Waals surface area contributed by atoms with Crippen molar-refractivity contribution in [2.45, 2.75) is 13.3 Å². The number of nitrogens with zero attached hydrogens (tertiary/aromatic N) is 1. The summed E-state index contributed by atoms with van der Waals surface area (Å²) in [6.45, 7) is 1.92. The molecule has 16 heavy (non-hydrogen) atoms. The maximum absolute atomic E-state index is 13.1. The molecule has 0 fully saturated rings. The van der Waals surface area contributed by atoms with Gasteiger partial charge in [-0.15, -0.1) is 0 Å². The number of nitriles is 1. The second-order valence-corrected chi connectivity index (χ2v) is 3.42. The van der Waals surface area contributed by atoms with Crippen molar-refractivity contribution in [1.29, 1.82) is 5.26 Å². The van der Waals surface area contributed by atoms with Gasteiger partial charge in [-0.3, -0.25) is 4.79 Å². The van der Waals surface area contributed by atoms with Gasteiger partial charge in [0.15, 0.2) is 0 Å².